The average molecular weight is 274 g/mol. The second kappa shape index (κ2) is 5.27. The van der Waals surface area contributed by atoms with Gasteiger partial charge in [0.15, 0.2) is 5.16 Å². The molecule has 5 nitrogen and oxygen atoms in total. The molecule has 2 rings (SSSR count). The molecule has 19 heavy (non-hydrogen) atoms. The largest absolute Gasteiger partial charge is 0.384 e. The Kier molecular flexibility index (Phi) is 3.71. The van der Waals surface area contributed by atoms with Gasteiger partial charge in [-0.1, -0.05) is 11.8 Å². The maximum atomic E-state index is 11.4. The van der Waals surface area contributed by atoms with Crippen LogP contribution in [0.25, 0.3) is 0 Å². The predicted octanol–water partition coefficient (Wildman–Crippen LogP) is 1.82. The summed E-state index contributed by atoms with van der Waals surface area (Å²) in [4.78, 5) is 19.2. The fraction of sp³-hybridized carbons (Fsp3) is 0.154. The Bertz CT molecular complexity index is 693. The first-order valence-electron chi connectivity index (χ1n) is 5.66. The van der Waals surface area contributed by atoms with E-state index in [0.29, 0.717) is 10.9 Å². The Hall–Kier alpha value is -2.08. The van der Waals surface area contributed by atoms with E-state index in [9.17, 15) is 4.79 Å². The summed E-state index contributed by atoms with van der Waals surface area (Å²) in [5.41, 5.74) is 7.64. The van der Waals surface area contributed by atoms with Gasteiger partial charge in [-0.2, -0.15) is 0 Å². The SMILES string of the molecule is Cc1cc(=O)[nH]c(Sc2ccc(C(=N)N)c(C)c2)n1. The number of aromatic amines is 1. The van der Waals surface area contributed by atoms with Crippen molar-refractivity contribution in [2.24, 2.45) is 5.73 Å². The predicted molar refractivity (Wildman–Crippen MR) is 75.9 cm³/mol. The molecule has 0 spiro atoms. The number of rotatable bonds is 3. The number of aryl methyl sites for hydroxylation is 2. The zero-order valence-electron chi connectivity index (χ0n) is 10.7. The molecule has 0 aliphatic heterocycles. The lowest BCUT2D eigenvalue weighted by atomic mass is 10.1. The lowest BCUT2D eigenvalue weighted by Crippen LogP contribution is -2.12. The Morgan fingerprint density at radius 1 is 1.37 bits per heavy atom. The number of hydrogen-bond donors (Lipinski definition) is 3. The third kappa shape index (κ3) is 3.23. The van der Waals surface area contributed by atoms with E-state index in [0.717, 1.165) is 16.0 Å². The van der Waals surface area contributed by atoms with Crippen molar-refractivity contribution in [3.8, 4) is 0 Å². The lowest BCUT2D eigenvalue weighted by molar-refractivity contribution is 0.905. The molecule has 6 heteroatoms. The number of hydrogen-bond acceptors (Lipinski definition) is 4. The minimum atomic E-state index is -0.160. The van der Waals surface area contributed by atoms with E-state index in [-0.39, 0.29) is 11.4 Å². The van der Waals surface area contributed by atoms with Crippen molar-refractivity contribution in [3.63, 3.8) is 0 Å². The van der Waals surface area contributed by atoms with Gasteiger partial charge in [-0.05, 0) is 37.6 Å². The molecular formula is C13H14N4OS. The van der Waals surface area contributed by atoms with E-state index in [1.165, 1.54) is 17.8 Å². The van der Waals surface area contributed by atoms with Crippen molar-refractivity contribution in [1.29, 1.82) is 5.41 Å². The molecule has 0 saturated carbocycles. The number of amidine groups is 1. The van der Waals surface area contributed by atoms with Crippen LogP contribution in [0.4, 0.5) is 0 Å². The molecule has 2 aromatic rings. The summed E-state index contributed by atoms with van der Waals surface area (Å²) in [5, 5.41) is 7.99. The van der Waals surface area contributed by atoms with Gasteiger partial charge in [0.25, 0.3) is 5.56 Å². The highest BCUT2D eigenvalue weighted by Crippen LogP contribution is 2.25. The van der Waals surface area contributed by atoms with Crippen molar-refractivity contribution in [3.05, 3.63) is 51.4 Å². The van der Waals surface area contributed by atoms with Crippen molar-refractivity contribution >= 4 is 17.6 Å². The Labute approximate surface area is 114 Å². The molecule has 0 atom stereocenters. The molecule has 98 valence electrons. The molecule has 0 amide bonds. The molecule has 0 aliphatic carbocycles. The molecule has 0 unspecified atom stereocenters. The summed E-state index contributed by atoms with van der Waals surface area (Å²) in [7, 11) is 0. The molecule has 0 saturated heterocycles. The van der Waals surface area contributed by atoms with Crippen LogP contribution in [0.3, 0.4) is 0 Å². The highest BCUT2D eigenvalue weighted by Gasteiger charge is 2.05. The molecular weight excluding hydrogens is 260 g/mol. The number of benzene rings is 1. The van der Waals surface area contributed by atoms with Crippen LogP contribution in [0.2, 0.25) is 0 Å². The van der Waals surface area contributed by atoms with Crippen LogP contribution in [0.1, 0.15) is 16.8 Å². The van der Waals surface area contributed by atoms with Gasteiger partial charge >= 0.3 is 0 Å². The van der Waals surface area contributed by atoms with Crippen molar-refractivity contribution in [1.82, 2.24) is 9.97 Å². The summed E-state index contributed by atoms with van der Waals surface area (Å²) >= 11 is 1.37. The van der Waals surface area contributed by atoms with Gasteiger partial charge in [0, 0.05) is 22.2 Å². The third-order valence-electron chi connectivity index (χ3n) is 2.55. The standard InChI is InChI=1S/C13H14N4OS/c1-7-5-9(3-4-10(7)12(14)15)19-13-16-8(2)6-11(18)17-13/h3-6H,1-2H3,(H3,14,15)(H,16,17,18). The number of nitrogens with zero attached hydrogens (tertiary/aromatic N) is 1. The summed E-state index contributed by atoms with van der Waals surface area (Å²) in [6.07, 6.45) is 0. The van der Waals surface area contributed by atoms with Gasteiger partial charge in [0.2, 0.25) is 0 Å². The number of aromatic nitrogens is 2. The fourth-order valence-corrected chi connectivity index (χ4v) is 2.65. The summed E-state index contributed by atoms with van der Waals surface area (Å²) in [6.45, 7) is 3.68. The normalized spacial score (nSPS) is 10.4. The first kappa shape index (κ1) is 13.4. The van der Waals surface area contributed by atoms with Crippen molar-refractivity contribution in [2.75, 3.05) is 0 Å². The van der Waals surface area contributed by atoms with E-state index >= 15 is 0 Å². The highest BCUT2D eigenvalue weighted by atomic mass is 32.2. The zero-order valence-corrected chi connectivity index (χ0v) is 11.5. The van der Waals surface area contributed by atoms with Crippen LogP contribution in [0.5, 0.6) is 0 Å². The van der Waals surface area contributed by atoms with Crippen LogP contribution in [-0.2, 0) is 0 Å². The maximum absolute atomic E-state index is 11.4. The van der Waals surface area contributed by atoms with Gasteiger partial charge in [-0.25, -0.2) is 4.98 Å². The van der Waals surface area contributed by atoms with Crippen molar-refractivity contribution in [2.45, 2.75) is 23.9 Å². The Balaban J connectivity index is 2.31. The molecule has 1 heterocycles. The smallest absolute Gasteiger partial charge is 0.251 e. The molecule has 0 bridgehead atoms. The first-order chi connectivity index (χ1) is 8.95. The molecule has 4 N–H and O–H groups in total. The van der Waals surface area contributed by atoms with Crippen LogP contribution in [0.15, 0.2) is 39.1 Å². The quantitative estimate of drug-likeness (QED) is 0.452. The first-order valence-corrected chi connectivity index (χ1v) is 6.48. The Morgan fingerprint density at radius 3 is 2.68 bits per heavy atom. The molecule has 0 aliphatic rings. The van der Waals surface area contributed by atoms with E-state index in [1.807, 2.05) is 19.1 Å². The van der Waals surface area contributed by atoms with Gasteiger partial charge < -0.3 is 10.7 Å². The van der Waals surface area contributed by atoms with Crippen LogP contribution >= 0.6 is 11.8 Å². The molecule has 1 aromatic heterocycles. The maximum Gasteiger partial charge on any atom is 0.251 e. The zero-order chi connectivity index (χ0) is 14.0. The van der Waals surface area contributed by atoms with E-state index in [1.54, 1.807) is 13.0 Å². The average Bonchev–Trinajstić information content (AvgIpc) is 2.26. The minimum Gasteiger partial charge on any atom is -0.384 e. The van der Waals surface area contributed by atoms with Crippen LogP contribution < -0.4 is 11.3 Å². The summed E-state index contributed by atoms with van der Waals surface area (Å²) in [5.74, 6) is 0.0520. The molecule has 1 aromatic carbocycles. The van der Waals surface area contributed by atoms with Gasteiger partial charge in [-0.3, -0.25) is 10.2 Å². The fourth-order valence-electron chi connectivity index (χ4n) is 1.71. The van der Waals surface area contributed by atoms with Gasteiger partial charge in [0.05, 0.1) is 0 Å². The van der Waals surface area contributed by atoms with Crippen molar-refractivity contribution < 1.29 is 0 Å². The third-order valence-corrected chi connectivity index (χ3v) is 3.43. The number of H-pyrrole nitrogens is 1. The highest BCUT2D eigenvalue weighted by molar-refractivity contribution is 7.99. The Morgan fingerprint density at radius 2 is 2.11 bits per heavy atom. The molecule has 0 radical (unpaired) electrons. The summed E-state index contributed by atoms with van der Waals surface area (Å²) < 4.78 is 0. The number of nitrogen functional groups attached to an aromatic ring is 1. The second-order valence-corrected chi connectivity index (χ2v) is 5.25. The monoisotopic (exact) mass is 274 g/mol. The number of nitrogens with one attached hydrogen (secondary N) is 2. The van der Waals surface area contributed by atoms with Gasteiger partial charge in [0.1, 0.15) is 5.84 Å². The van der Waals surface area contributed by atoms with Gasteiger partial charge in [-0.15, -0.1) is 0 Å². The van der Waals surface area contributed by atoms with E-state index < -0.39 is 0 Å². The molecule has 0 fully saturated rings. The van der Waals surface area contributed by atoms with Crippen LogP contribution in [0, 0.1) is 19.3 Å². The second-order valence-electron chi connectivity index (χ2n) is 4.18. The topological polar surface area (TPSA) is 95.6 Å². The number of nitrogens with two attached hydrogens (primary N) is 1. The van der Waals surface area contributed by atoms with E-state index in [2.05, 4.69) is 9.97 Å². The minimum absolute atomic E-state index is 0.0520. The lowest BCUT2D eigenvalue weighted by Gasteiger charge is -2.06. The summed E-state index contributed by atoms with van der Waals surface area (Å²) in [6, 6.07) is 7.03. The van der Waals surface area contributed by atoms with E-state index in [4.69, 9.17) is 11.1 Å². The van der Waals surface area contributed by atoms with Crippen LogP contribution in [-0.4, -0.2) is 15.8 Å².